The van der Waals surface area contributed by atoms with Crippen molar-refractivity contribution in [3.63, 3.8) is 0 Å². The minimum atomic E-state index is -0.0521. The number of thiophene rings is 1. The second kappa shape index (κ2) is 12.5. The molecule has 0 spiro atoms. The van der Waals surface area contributed by atoms with Crippen LogP contribution in [0.5, 0.6) is 0 Å². The number of para-hydroxylation sites is 1. The van der Waals surface area contributed by atoms with E-state index in [0.29, 0.717) is 0 Å². The van der Waals surface area contributed by atoms with E-state index in [1.807, 2.05) is 11.3 Å². The lowest BCUT2D eigenvalue weighted by molar-refractivity contribution is 0.660. The van der Waals surface area contributed by atoms with Crippen LogP contribution in [0.15, 0.2) is 192 Å². The zero-order chi connectivity index (χ0) is 38.5. The van der Waals surface area contributed by atoms with Crippen molar-refractivity contribution in [3.05, 3.63) is 199 Å². The molecule has 0 saturated carbocycles. The minimum Gasteiger partial charge on any atom is -0.453 e. The number of rotatable bonds is 5. The first-order chi connectivity index (χ1) is 28.5. The molecule has 0 saturated heterocycles. The Morgan fingerprint density at radius 3 is 1.84 bits per heavy atom. The van der Waals surface area contributed by atoms with Crippen molar-refractivity contribution in [2.24, 2.45) is 0 Å². The fourth-order valence-electron chi connectivity index (χ4n) is 9.71. The molecule has 11 aromatic rings. The highest BCUT2D eigenvalue weighted by Gasteiger charge is 2.36. The third-order valence-corrected chi connectivity index (χ3v) is 13.6. The van der Waals surface area contributed by atoms with Gasteiger partial charge in [-0.2, -0.15) is 0 Å². The molecule has 274 valence electrons. The van der Waals surface area contributed by atoms with Crippen LogP contribution in [0.3, 0.4) is 0 Å². The molecule has 0 unspecified atom stereocenters. The summed E-state index contributed by atoms with van der Waals surface area (Å²) in [6, 6.07) is 68.7. The van der Waals surface area contributed by atoms with Gasteiger partial charge in [0.15, 0.2) is 5.58 Å². The molecule has 0 N–H and O–H groups in total. The van der Waals surface area contributed by atoms with Crippen molar-refractivity contribution in [2.75, 3.05) is 4.90 Å². The van der Waals surface area contributed by atoms with Gasteiger partial charge in [0, 0.05) is 53.1 Å². The Bertz CT molecular complexity index is 3420. The van der Waals surface area contributed by atoms with Gasteiger partial charge in [0.25, 0.3) is 0 Å². The molecular weight excluding hydrogens is 723 g/mol. The molecule has 2 heterocycles. The second-order valence-corrected chi connectivity index (χ2v) is 17.1. The molecule has 2 aromatic heterocycles. The van der Waals surface area contributed by atoms with Crippen LogP contribution in [0.1, 0.15) is 25.0 Å². The molecule has 0 bridgehead atoms. The molecule has 1 aliphatic carbocycles. The highest BCUT2D eigenvalue weighted by molar-refractivity contribution is 7.25. The van der Waals surface area contributed by atoms with Gasteiger partial charge in [0.05, 0.1) is 5.69 Å². The predicted octanol–water partition coefficient (Wildman–Crippen LogP) is 16.2. The Balaban J connectivity index is 1.03. The number of anilines is 3. The van der Waals surface area contributed by atoms with Crippen LogP contribution in [0.2, 0.25) is 0 Å². The lowest BCUT2D eigenvalue weighted by Gasteiger charge is -2.26. The van der Waals surface area contributed by atoms with Crippen molar-refractivity contribution in [1.29, 1.82) is 0 Å². The predicted molar refractivity (Wildman–Crippen MR) is 247 cm³/mol. The quantitative estimate of drug-likeness (QED) is 0.174. The van der Waals surface area contributed by atoms with E-state index >= 15 is 0 Å². The molecule has 12 rings (SSSR count). The summed E-state index contributed by atoms with van der Waals surface area (Å²) in [6.45, 7) is 4.69. The zero-order valence-corrected chi connectivity index (χ0v) is 33.0. The molecule has 0 fully saturated rings. The highest BCUT2D eigenvalue weighted by atomic mass is 32.1. The molecular formula is C55H37NOS. The highest BCUT2D eigenvalue weighted by Crippen LogP contribution is 2.52. The summed E-state index contributed by atoms with van der Waals surface area (Å²) in [5, 5.41) is 7.15. The second-order valence-electron chi connectivity index (χ2n) is 16.0. The van der Waals surface area contributed by atoms with Crippen LogP contribution in [0, 0.1) is 0 Å². The monoisotopic (exact) mass is 759 g/mol. The van der Waals surface area contributed by atoms with Gasteiger partial charge in [0.2, 0.25) is 0 Å². The topological polar surface area (TPSA) is 16.4 Å². The summed E-state index contributed by atoms with van der Waals surface area (Å²) >= 11 is 1.86. The number of hydrogen-bond acceptors (Lipinski definition) is 3. The van der Waals surface area contributed by atoms with Gasteiger partial charge in [-0.15, -0.1) is 11.3 Å². The van der Waals surface area contributed by atoms with E-state index in [2.05, 4.69) is 207 Å². The molecule has 1 aliphatic rings. The number of hydrogen-bond donors (Lipinski definition) is 0. The van der Waals surface area contributed by atoms with E-state index in [9.17, 15) is 0 Å². The number of benzene rings is 9. The number of furan rings is 1. The average Bonchev–Trinajstić information content (AvgIpc) is 3.93. The van der Waals surface area contributed by atoms with E-state index in [0.717, 1.165) is 44.4 Å². The first-order valence-corrected chi connectivity index (χ1v) is 20.8. The SMILES string of the molecule is CC1(C)c2ccccc2-c2c(-c3ccc(N(c4ccc(-c5cccc6sc7ccccc7c56)cc4)c4cccc5c4oc4c6ccccc6ccc54)cc3)cccc21. The number of fused-ring (bicyclic) bond motifs is 11. The standard InChI is InChI=1S/C55H37NOS/c1-55(2)46-19-7-5-14-44(46)51-39(16-9-20-47(51)55)35-24-29-37(30-25-35)56(48-21-10-18-42-43-33-28-34-12-3-4-13-41(34)53(43)57-54(42)48)38-31-26-36(27-32-38)40-17-11-23-50-52(40)45-15-6-8-22-49(45)58-50/h3-33H,1-2H3. The van der Waals surface area contributed by atoms with E-state index in [4.69, 9.17) is 4.42 Å². The van der Waals surface area contributed by atoms with Gasteiger partial charge in [0.1, 0.15) is 5.58 Å². The van der Waals surface area contributed by atoms with Gasteiger partial charge in [-0.1, -0.05) is 153 Å². The summed E-state index contributed by atoms with van der Waals surface area (Å²) in [6.07, 6.45) is 0. The maximum atomic E-state index is 6.95. The average molecular weight is 760 g/mol. The van der Waals surface area contributed by atoms with Crippen LogP contribution in [0.25, 0.3) is 86.3 Å². The summed E-state index contributed by atoms with van der Waals surface area (Å²) in [5.41, 5.74) is 15.2. The molecule has 0 aliphatic heterocycles. The van der Waals surface area contributed by atoms with E-state index in [1.54, 1.807) is 0 Å². The molecule has 0 atom stereocenters. The first kappa shape index (κ1) is 33.2. The molecule has 0 radical (unpaired) electrons. The molecule has 9 aromatic carbocycles. The Labute approximate surface area is 340 Å². The van der Waals surface area contributed by atoms with Crippen LogP contribution < -0.4 is 4.90 Å². The van der Waals surface area contributed by atoms with Gasteiger partial charge in [-0.3, -0.25) is 0 Å². The Morgan fingerprint density at radius 1 is 0.431 bits per heavy atom. The largest absolute Gasteiger partial charge is 0.453 e. The molecule has 0 amide bonds. The summed E-state index contributed by atoms with van der Waals surface area (Å²) in [4.78, 5) is 2.36. The van der Waals surface area contributed by atoms with Crippen molar-refractivity contribution in [1.82, 2.24) is 0 Å². The fourth-order valence-corrected chi connectivity index (χ4v) is 10.8. The van der Waals surface area contributed by atoms with Crippen LogP contribution in [-0.2, 0) is 5.41 Å². The smallest absolute Gasteiger partial charge is 0.159 e. The Hall–Kier alpha value is -6.94. The van der Waals surface area contributed by atoms with Gasteiger partial charge < -0.3 is 9.32 Å². The van der Waals surface area contributed by atoms with E-state index in [1.165, 1.54) is 70.1 Å². The van der Waals surface area contributed by atoms with Crippen molar-refractivity contribution < 1.29 is 4.42 Å². The first-order valence-electron chi connectivity index (χ1n) is 20.0. The fraction of sp³-hybridized carbons (Fsp3) is 0.0545. The van der Waals surface area contributed by atoms with E-state index in [-0.39, 0.29) is 5.41 Å². The summed E-state index contributed by atoms with van der Waals surface area (Å²) < 4.78 is 9.58. The van der Waals surface area contributed by atoms with Gasteiger partial charge in [-0.25, -0.2) is 0 Å². The Kier molecular flexibility index (Phi) is 7.18. The normalized spacial score (nSPS) is 13.1. The summed E-state index contributed by atoms with van der Waals surface area (Å²) in [7, 11) is 0. The molecule has 3 heteroatoms. The zero-order valence-electron chi connectivity index (χ0n) is 32.2. The van der Waals surface area contributed by atoms with Crippen molar-refractivity contribution in [2.45, 2.75) is 19.3 Å². The number of nitrogens with zero attached hydrogens (tertiary/aromatic N) is 1. The van der Waals surface area contributed by atoms with Crippen molar-refractivity contribution >= 4 is 81.3 Å². The molecule has 2 nitrogen and oxygen atoms in total. The van der Waals surface area contributed by atoms with Gasteiger partial charge >= 0.3 is 0 Å². The molecule has 58 heavy (non-hydrogen) atoms. The summed E-state index contributed by atoms with van der Waals surface area (Å²) in [5.74, 6) is 0. The van der Waals surface area contributed by atoms with E-state index < -0.39 is 0 Å². The maximum Gasteiger partial charge on any atom is 0.159 e. The third kappa shape index (κ3) is 4.84. The lowest BCUT2D eigenvalue weighted by Crippen LogP contribution is -2.14. The lowest BCUT2D eigenvalue weighted by atomic mass is 9.82. The van der Waals surface area contributed by atoms with Crippen LogP contribution in [-0.4, -0.2) is 0 Å². The minimum absolute atomic E-state index is 0.0521. The van der Waals surface area contributed by atoms with Gasteiger partial charge in [-0.05, 0) is 98.4 Å². The maximum absolute atomic E-state index is 6.95. The van der Waals surface area contributed by atoms with Crippen LogP contribution >= 0.6 is 11.3 Å². The Morgan fingerprint density at radius 2 is 1.02 bits per heavy atom. The van der Waals surface area contributed by atoms with Crippen molar-refractivity contribution in [3.8, 4) is 33.4 Å². The van der Waals surface area contributed by atoms with Crippen LogP contribution in [0.4, 0.5) is 17.1 Å². The third-order valence-electron chi connectivity index (χ3n) is 12.5.